The number of carbonyl (C=O) groups is 2. The second-order valence-electron chi connectivity index (χ2n) is 7.50. The molecule has 1 saturated heterocycles. The zero-order valence-electron chi connectivity index (χ0n) is 15.4. The Morgan fingerprint density at radius 3 is 2.78 bits per heavy atom. The van der Waals surface area contributed by atoms with Gasteiger partial charge >= 0.3 is 0 Å². The van der Waals surface area contributed by atoms with Gasteiger partial charge in [-0.15, -0.1) is 11.3 Å². The van der Waals surface area contributed by atoms with Crippen LogP contribution in [0.2, 0.25) is 0 Å². The first kappa shape index (κ1) is 18.2. The van der Waals surface area contributed by atoms with Crippen LogP contribution in [0.5, 0.6) is 0 Å². The van der Waals surface area contributed by atoms with E-state index >= 15 is 0 Å². The molecular formula is C21H25N3O2S. The molecule has 1 aromatic heterocycles. The third kappa shape index (κ3) is 4.38. The lowest BCUT2D eigenvalue weighted by atomic mass is 10.1. The molecule has 1 aromatic carbocycles. The zero-order chi connectivity index (χ0) is 18.6. The molecule has 0 spiro atoms. The van der Waals surface area contributed by atoms with E-state index in [1.807, 2.05) is 28.5 Å². The van der Waals surface area contributed by atoms with Gasteiger partial charge in [0.2, 0.25) is 11.8 Å². The van der Waals surface area contributed by atoms with Gasteiger partial charge in [0.25, 0.3) is 0 Å². The molecular weight excluding hydrogens is 358 g/mol. The summed E-state index contributed by atoms with van der Waals surface area (Å²) in [5.41, 5.74) is 2.12. The van der Waals surface area contributed by atoms with Crippen LogP contribution in [-0.2, 0) is 22.6 Å². The fraction of sp³-hybridized carbons (Fsp3) is 0.476. The van der Waals surface area contributed by atoms with Crippen LogP contribution in [0.25, 0.3) is 0 Å². The van der Waals surface area contributed by atoms with E-state index in [9.17, 15) is 9.59 Å². The van der Waals surface area contributed by atoms with Crippen molar-refractivity contribution < 1.29 is 9.59 Å². The van der Waals surface area contributed by atoms with Crippen molar-refractivity contribution in [1.82, 2.24) is 15.2 Å². The van der Waals surface area contributed by atoms with Gasteiger partial charge in [-0.25, -0.2) is 4.98 Å². The number of benzene rings is 1. The van der Waals surface area contributed by atoms with Gasteiger partial charge in [0.1, 0.15) is 0 Å². The summed E-state index contributed by atoms with van der Waals surface area (Å²) in [6.45, 7) is 1.00. The van der Waals surface area contributed by atoms with Crippen LogP contribution < -0.4 is 5.32 Å². The molecule has 5 nitrogen and oxygen atoms in total. The molecule has 27 heavy (non-hydrogen) atoms. The Bertz CT molecular complexity index is 799. The smallest absolute Gasteiger partial charge is 0.225 e. The van der Waals surface area contributed by atoms with Crippen LogP contribution in [0.1, 0.15) is 48.4 Å². The average Bonchev–Trinajstić information content (AvgIpc) is 3.41. The normalized spacial score (nSPS) is 20.4. The summed E-state index contributed by atoms with van der Waals surface area (Å²) < 4.78 is 0. The summed E-state index contributed by atoms with van der Waals surface area (Å²) in [7, 11) is 0. The molecule has 0 bridgehead atoms. The predicted molar refractivity (Wildman–Crippen MR) is 105 cm³/mol. The van der Waals surface area contributed by atoms with Gasteiger partial charge in [-0.05, 0) is 18.4 Å². The number of thiazole rings is 1. The Balaban J connectivity index is 1.28. The van der Waals surface area contributed by atoms with Crippen molar-refractivity contribution in [3.63, 3.8) is 0 Å². The first-order valence-corrected chi connectivity index (χ1v) is 10.6. The molecule has 2 aliphatic rings. The van der Waals surface area contributed by atoms with Crippen molar-refractivity contribution in [3.05, 3.63) is 52.0 Å². The van der Waals surface area contributed by atoms with Crippen LogP contribution in [0.3, 0.4) is 0 Å². The number of rotatable bonds is 6. The van der Waals surface area contributed by atoms with Crippen LogP contribution in [0, 0.1) is 5.92 Å². The number of nitrogens with one attached hydrogen (secondary N) is 1. The van der Waals surface area contributed by atoms with E-state index in [1.54, 1.807) is 11.3 Å². The summed E-state index contributed by atoms with van der Waals surface area (Å²) >= 11 is 1.62. The molecule has 6 heteroatoms. The van der Waals surface area contributed by atoms with Crippen molar-refractivity contribution >= 4 is 23.2 Å². The molecule has 1 N–H and O–H groups in total. The lowest BCUT2D eigenvalue weighted by Crippen LogP contribution is -2.36. The summed E-state index contributed by atoms with van der Waals surface area (Å²) in [4.78, 5) is 31.3. The van der Waals surface area contributed by atoms with Crippen molar-refractivity contribution in [1.29, 1.82) is 0 Å². The standard InChI is InChI=1S/C21H25N3O2S/c25-20-11-16(13-24(20)18-8-4-5-9-18)21(26)22-12-17-14-27-19(23-17)10-15-6-2-1-3-7-15/h1-3,6-7,14,16,18H,4-5,8-13H2,(H,22,26)/t16-/m0/s1. The first-order valence-electron chi connectivity index (χ1n) is 9.73. The first-order chi connectivity index (χ1) is 13.2. The number of hydrogen-bond donors (Lipinski definition) is 1. The van der Waals surface area contributed by atoms with Gasteiger partial charge in [0.15, 0.2) is 0 Å². The number of aromatic nitrogens is 1. The Kier molecular flexibility index (Phi) is 5.53. The summed E-state index contributed by atoms with van der Waals surface area (Å²) in [5, 5.41) is 6.03. The van der Waals surface area contributed by atoms with E-state index in [0.29, 0.717) is 25.6 Å². The number of nitrogens with zero attached hydrogens (tertiary/aromatic N) is 2. The highest BCUT2D eigenvalue weighted by molar-refractivity contribution is 7.09. The molecule has 142 valence electrons. The maximum Gasteiger partial charge on any atom is 0.225 e. The van der Waals surface area contributed by atoms with Crippen LogP contribution in [0.15, 0.2) is 35.7 Å². The van der Waals surface area contributed by atoms with Gasteiger partial charge in [0.05, 0.1) is 23.2 Å². The van der Waals surface area contributed by atoms with Crippen molar-refractivity contribution in [2.75, 3.05) is 6.54 Å². The van der Waals surface area contributed by atoms with Crippen molar-refractivity contribution in [2.24, 2.45) is 5.92 Å². The molecule has 2 aromatic rings. The van der Waals surface area contributed by atoms with E-state index in [1.165, 1.54) is 18.4 Å². The number of hydrogen-bond acceptors (Lipinski definition) is 4. The van der Waals surface area contributed by atoms with Crippen molar-refractivity contribution in [2.45, 2.75) is 51.1 Å². The molecule has 2 amide bonds. The Hall–Kier alpha value is -2.21. The number of likely N-dealkylation sites (tertiary alicyclic amines) is 1. The molecule has 0 unspecified atom stereocenters. The number of amides is 2. The third-order valence-electron chi connectivity index (χ3n) is 5.54. The second-order valence-corrected chi connectivity index (χ2v) is 8.44. The van der Waals surface area contributed by atoms with Gasteiger partial charge in [0, 0.05) is 30.8 Å². The fourth-order valence-corrected chi connectivity index (χ4v) is 4.91. The highest BCUT2D eigenvalue weighted by Gasteiger charge is 2.38. The highest BCUT2D eigenvalue weighted by atomic mass is 32.1. The summed E-state index contributed by atoms with van der Waals surface area (Å²) in [6, 6.07) is 10.6. The minimum atomic E-state index is -0.222. The van der Waals surface area contributed by atoms with Crippen LogP contribution >= 0.6 is 11.3 Å². The summed E-state index contributed by atoms with van der Waals surface area (Å²) in [5.74, 6) is -0.108. The van der Waals surface area contributed by atoms with Gasteiger partial charge in [-0.3, -0.25) is 9.59 Å². The Morgan fingerprint density at radius 2 is 2.00 bits per heavy atom. The zero-order valence-corrected chi connectivity index (χ0v) is 16.2. The second kappa shape index (κ2) is 8.21. The largest absolute Gasteiger partial charge is 0.350 e. The lowest BCUT2D eigenvalue weighted by Gasteiger charge is -2.23. The molecule has 1 saturated carbocycles. The van der Waals surface area contributed by atoms with E-state index in [-0.39, 0.29) is 17.7 Å². The van der Waals surface area contributed by atoms with E-state index in [2.05, 4.69) is 22.4 Å². The quantitative estimate of drug-likeness (QED) is 0.834. The minimum absolute atomic E-state index is 0.0264. The molecule has 2 fully saturated rings. The van der Waals surface area contributed by atoms with Crippen molar-refractivity contribution in [3.8, 4) is 0 Å². The van der Waals surface area contributed by atoms with Gasteiger partial charge < -0.3 is 10.2 Å². The molecule has 0 radical (unpaired) electrons. The maximum absolute atomic E-state index is 12.5. The van der Waals surface area contributed by atoms with Gasteiger partial charge in [-0.2, -0.15) is 0 Å². The molecule has 2 heterocycles. The number of carbonyl (C=O) groups excluding carboxylic acids is 2. The molecule has 4 rings (SSSR count). The third-order valence-corrected chi connectivity index (χ3v) is 6.43. The average molecular weight is 384 g/mol. The SMILES string of the molecule is O=C(NCc1csc(Cc2ccccc2)n1)[C@H]1CC(=O)N(C2CCCC2)C1. The lowest BCUT2D eigenvalue weighted by molar-refractivity contribution is -0.130. The van der Waals surface area contributed by atoms with Gasteiger partial charge in [-0.1, -0.05) is 43.2 Å². The summed E-state index contributed by atoms with van der Waals surface area (Å²) in [6.07, 6.45) is 5.72. The predicted octanol–water partition coefficient (Wildman–Crippen LogP) is 3.14. The monoisotopic (exact) mass is 383 g/mol. The van der Waals surface area contributed by atoms with E-state index in [0.717, 1.165) is 30.0 Å². The fourth-order valence-electron chi connectivity index (χ4n) is 4.08. The minimum Gasteiger partial charge on any atom is -0.350 e. The molecule has 1 atom stereocenters. The highest BCUT2D eigenvalue weighted by Crippen LogP contribution is 2.29. The topological polar surface area (TPSA) is 62.3 Å². The van der Waals surface area contributed by atoms with E-state index < -0.39 is 0 Å². The Morgan fingerprint density at radius 1 is 1.22 bits per heavy atom. The van der Waals surface area contributed by atoms with Crippen LogP contribution in [0.4, 0.5) is 0 Å². The maximum atomic E-state index is 12.5. The molecule has 1 aliphatic carbocycles. The van der Waals surface area contributed by atoms with E-state index in [4.69, 9.17) is 0 Å². The van der Waals surface area contributed by atoms with Crippen LogP contribution in [-0.4, -0.2) is 34.3 Å². The Labute approximate surface area is 163 Å². The molecule has 1 aliphatic heterocycles.